The number of Topliss-reactive ketones (excluding diaryl/α,β-unsaturated/α-hetero) is 3. The van der Waals surface area contributed by atoms with Gasteiger partial charge in [0.25, 0.3) is 0 Å². The number of fused-ring (bicyclic) bond motifs is 3. The van der Waals surface area contributed by atoms with E-state index in [1.54, 1.807) is 74.0 Å². The number of benzene rings is 1. The van der Waals surface area contributed by atoms with Gasteiger partial charge in [0.05, 0.1) is 36.9 Å². The van der Waals surface area contributed by atoms with Crippen molar-refractivity contribution in [2.24, 2.45) is 0 Å². The Morgan fingerprint density at radius 2 is 1.00 bits per heavy atom. The molecule has 1 unspecified atom stereocenters. The fourth-order valence-electron chi connectivity index (χ4n) is 7.23. The number of hydrogen-bond acceptors (Lipinski definition) is 16. The summed E-state index contributed by atoms with van der Waals surface area (Å²) in [4.78, 5) is 94.5. The number of pyridine rings is 4. The molecule has 0 fully saturated rings. The van der Waals surface area contributed by atoms with Crippen molar-refractivity contribution in [1.29, 1.82) is 0 Å². The number of carboxylic acid groups (broad SMARTS) is 1. The minimum Gasteiger partial charge on any atom is -0.870 e. The number of aryl methyl sites for hydroxylation is 4. The summed E-state index contributed by atoms with van der Waals surface area (Å²) >= 11 is 2.95. The fraction of sp³-hybridized carbons (Fsp3) is 0.381. The van der Waals surface area contributed by atoms with Crippen LogP contribution in [0.3, 0.4) is 0 Å². The van der Waals surface area contributed by atoms with Crippen LogP contribution < -0.4 is 24.6 Å². The molecular weight excluding hydrogens is 1150 g/mol. The van der Waals surface area contributed by atoms with Crippen LogP contribution in [-0.2, 0) is 59.1 Å². The maximum Gasteiger partial charge on any atom is 1.00 e. The molecule has 460 valence electrons. The Morgan fingerprint density at radius 3 is 1.40 bits per heavy atom. The third kappa shape index (κ3) is 26.7. The Hall–Kier alpha value is -7.83. The van der Waals surface area contributed by atoms with E-state index in [0.29, 0.717) is 68.4 Å². The Bertz CT molecular complexity index is 3220. The molecular formula is C63H88BrLiN8O12. The average molecular weight is 1240 g/mol. The van der Waals surface area contributed by atoms with Crippen molar-refractivity contribution in [3.63, 3.8) is 0 Å². The summed E-state index contributed by atoms with van der Waals surface area (Å²) in [6.07, 6.45) is 11.2. The summed E-state index contributed by atoms with van der Waals surface area (Å²) in [5.74, 6) is -1.65. The van der Waals surface area contributed by atoms with Crippen molar-refractivity contribution >= 4 is 79.9 Å². The van der Waals surface area contributed by atoms with E-state index in [9.17, 15) is 33.6 Å². The number of carbonyl (C=O) groups excluding carboxylic acids is 6. The van der Waals surface area contributed by atoms with E-state index in [-0.39, 0.29) is 89.5 Å². The van der Waals surface area contributed by atoms with Crippen LogP contribution in [0.2, 0.25) is 0 Å². The van der Waals surface area contributed by atoms with E-state index < -0.39 is 22.7 Å². The zero-order valence-corrected chi connectivity index (χ0v) is 49.1. The first-order chi connectivity index (χ1) is 38.0. The number of rotatable bonds is 18. The third-order valence-corrected chi connectivity index (χ3v) is 12.0. The van der Waals surface area contributed by atoms with Gasteiger partial charge in [-0.3, -0.25) is 37.2 Å². The van der Waals surface area contributed by atoms with Gasteiger partial charge in [-0.05, 0) is 101 Å². The first-order valence-electron chi connectivity index (χ1n) is 26.1. The zero-order chi connectivity index (χ0) is 58.3. The van der Waals surface area contributed by atoms with Gasteiger partial charge < -0.3 is 30.5 Å². The molecule has 8 aromatic rings. The number of halogens is 1. The largest absolute Gasteiger partial charge is 1.00 e. The van der Waals surface area contributed by atoms with Crippen LogP contribution in [0.25, 0.3) is 16.9 Å². The number of ketones is 3. The van der Waals surface area contributed by atoms with Gasteiger partial charge in [-0.25, -0.2) is 29.5 Å². The van der Waals surface area contributed by atoms with Crippen LogP contribution >= 0.6 is 15.9 Å². The first-order valence-corrected chi connectivity index (χ1v) is 27.0. The van der Waals surface area contributed by atoms with Gasteiger partial charge in [0.15, 0.2) is 27.8 Å². The summed E-state index contributed by atoms with van der Waals surface area (Å²) in [6, 6.07) is 32.4. The molecule has 0 spiro atoms. The molecule has 0 aliphatic heterocycles. The Balaban J connectivity index is -0.000000471. The van der Waals surface area contributed by atoms with Crippen molar-refractivity contribution in [3.05, 3.63) is 168 Å². The average Bonchev–Trinajstić information content (AvgIpc) is 3.28. The minimum absolute atomic E-state index is 0. The summed E-state index contributed by atoms with van der Waals surface area (Å²) < 4.78 is 19.5. The predicted octanol–water partition coefficient (Wildman–Crippen LogP) is 9.63. The van der Waals surface area contributed by atoms with E-state index >= 15 is 0 Å². The number of esters is 3. The van der Waals surface area contributed by atoms with Gasteiger partial charge >= 0.3 is 42.7 Å². The number of carboxylic acids is 1. The molecule has 0 aliphatic carbocycles. The molecule has 0 radical (unpaired) electrons. The van der Waals surface area contributed by atoms with E-state index in [1.165, 1.54) is 5.56 Å². The number of anilines is 1. The molecule has 0 amide bonds. The quantitative estimate of drug-likeness (QED) is 0.0202. The van der Waals surface area contributed by atoms with Crippen molar-refractivity contribution in [2.45, 2.75) is 141 Å². The molecule has 0 saturated heterocycles. The first kappa shape index (κ1) is 83.6. The normalized spacial score (nSPS) is 9.80. The van der Waals surface area contributed by atoms with Crippen molar-refractivity contribution < 1.29 is 77.2 Å². The van der Waals surface area contributed by atoms with E-state index in [2.05, 4.69) is 57.5 Å². The Morgan fingerprint density at radius 1 is 0.565 bits per heavy atom. The maximum absolute atomic E-state index is 12.6. The smallest absolute Gasteiger partial charge is 0.870 e. The fourth-order valence-corrected chi connectivity index (χ4v) is 7.69. The van der Waals surface area contributed by atoms with Crippen LogP contribution in [0.1, 0.15) is 165 Å². The minimum atomic E-state index is -0.930. The van der Waals surface area contributed by atoms with Crippen molar-refractivity contribution in [3.8, 4) is 0 Å². The van der Waals surface area contributed by atoms with Crippen LogP contribution in [0.15, 0.2) is 128 Å². The molecule has 0 aliphatic rings. The molecule has 1 atom stereocenters. The number of nitrogen functional groups attached to an aromatic ring is 1. The Kier molecular flexibility index (Phi) is 44.8. The maximum atomic E-state index is 12.6. The molecule has 20 nitrogen and oxygen atoms in total. The second-order valence-corrected chi connectivity index (χ2v) is 17.5. The number of aromatic carboxylic acids is 1. The van der Waals surface area contributed by atoms with Gasteiger partial charge in [-0.1, -0.05) is 135 Å². The van der Waals surface area contributed by atoms with Gasteiger partial charge in [0, 0.05) is 44.0 Å². The number of ether oxygens (including phenoxy) is 3. The number of nitrogens with zero attached hydrogens (tertiary/aromatic N) is 7. The number of aromatic nitrogens is 7. The van der Waals surface area contributed by atoms with E-state index in [4.69, 9.17) is 15.6 Å². The number of carbonyl (C=O) groups is 7. The van der Waals surface area contributed by atoms with Crippen LogP contribution in [0.4, 0.5) is 5.82 Å². The van der Waals surface area contributed by atoms with Gasteiger partial charge in [0.1, 0.15) is 40.7 Å². The number of hydrogen-bond donors (Lipinski definition) is 2. The van der Waals surface area contributed by atoms with Gasteiger partial charge in [-0.2, -0.15) is 0 Å². The molecule has 8 rings (SSSR count). The molecule has 85 heavy (non-hydrogen) atoms. The Labute approximate surface area is 522 Å². The van der Waals surface area contributed by atoms with Crippen LogP contribution in [-0.4, -0.2) is 110 Å². The van der Waals surface area contributed by atoms with Crippen molar-refractivity contribution in [1.82, 2.24) is 33.1 Å². The zero-order valence-electron chi connectivity index (χ0n) is 47.5. The van der Waals surface area contributed by atoms with Crippen molar-refractivity contribution in [2.75, 3.05) is 25.6 Å². The molecule has 7 heterocycles. The number of nitrogens with two attached hydrogens (primary N) is 1. The second-order valence-electron chi connectivity index (χ2n) is 16.6. The topological polar surface area (TPSA) is 288 Å². The van der Waals surface area contributed by atoms with Gasteiger partial charge in [0.2, 0.25) is 0 Å². The number of alkyl halides is 1. The number of imidazole rings is 3. The van der Waals surface area contributed by atoms with Crippen LogP contribution in [0, 0.1) is 0 Å². The summed E-state index contributed by atoms with van der Waals surface area (Å²) in [5.41, 5.74) is 12.6. The summed E-state index contributed by atoms with van der Waals surface area (Å²) in [6.45, 7) is 15.6. The standard InChI is InChI=1S/C18H18N2O.C12H14N2O2.C10H10N2O2.C7H11BrO3.C7H12O3.C5H6N2.4CH4.Li.H2O/c1-2-15-18(20-13-7-6-10-17(20)19-15)16(21)12-11-14-8-4-3-5-9-14;1-3-9-11(12(15)16-4-2)14-8-6-5-7-10(14)13-9;1-2-7-9(10(13)14)12-6-4-3-5-8(12)11-7;1-3-5(9)6(8)7(10)11-4-2;1-3-6(8)5-7(9)10-4-2;6-5-3-1-2-4-7-5;;;;;;/h3-10,13H,2,11-12H2,1H3;5-8H,3-4H2,1-2H3;3-6H,2H2,1H3,(H,13,14);6H,3-4H2,1-2H3;3-5H2,1-2H3;1-4H,(H2,6,7);4*1H4;;1H2/q;;;;;;;;;;+1;/p-1. The summed E-state index contributed by atoms with van der Waals surface area (Å²) in [7, 11) is 0. The van der Waals surface area contributed by atoms with E-state index in [0.717, 1.165) is 47.6 Å². The third-order valence-electron chi connectivity index (χ3n) is 11.1. The molecule has 22 heteroatoms. The van der Waals surface area contributed by atoms with E-state index in [1.807, 2.05) is 110 Å². The monoisotopic (exact) mass is 1230 g/mol. The molecule has 4 N–H and O–H groups in total. The predicted molar refractivity (Wildman–Crippen MR) is 334 cm³/mol. The van der Waals surface area contributed by atoms with Gasteiger partial charge in [-0.15, -0.1) is 0 Å². The SMILES string of the molecule is C.C.C.C.CCOC(=O)C(Br)C(=O)CC.CCOC(=O)CC(=O)CC.CCOC(=O)c1c(CC)nc2ccccn12.CCc1nc2ccccn2c1C(=O)CCc1ccccc1.CCc1nc2ccccn2c1C(=O)O.Nc1ccccn1.[Li+].[OH-]. The summed E-state index contributed by atoms with van der Waals surface area (Å²) in [5, 5.41) is 9.02. The molecule has 0 saturated carbocycles. The molecule has 7 aromatic heterocycles. The van der Waals surface area contributed by atoms with Crippen LogP contribution in [0.5, 0.6) is 0 Å². The molecule has 0 bridgehead atoms. The second kappa shape index (κ2) is 45.6. The molecule has 1 aromatic carbocycles.